The highest BCUT2D eigenvalue weighted by Gasteiger charge is 2.21. The van der Waals surface area contributed by atoms with Gasteiger partial charge in [0.25, 0.3) is 5.91 Å². The van der Waals surface area contributed by atoms with Gasteiger partial charge in [0.1, 0.15) is 17.2 Å². The Morgan fingerprint density at radius 2 is 1.87 bits per heavy atom. The Hall–Kier alpha value is -3.28. The van der Waals surface area contributed by atoms with Gasteiger partial charge in [0, 0.05) is 17.7 Å². The molecule has 1 amide bonds. The number of benzene rings is 2. The average Bonchev–Trinajstić information content (AvgIpc) is 3.19. The summed E-state index contributed by atoms with van der Waals surface area (Å²) < 4.78 is 12.6. The molecule has 30 heavy (non-hydrogen) atoms. The van der Waals surface area contributed by atoms with Gasteiger partial charge < -0.3 is 14.8 Å². The van der Waals surface area contributed by atoms with Gasteiger partial charge in [-0.3, -0.25) is 4.79 Å². The first kappa shape index (κ1) is 21.4. The predicted octanol–water partition coefficient (Wildman–Crippen LogP) is 4.70. The maximum atomic E-state index is 13.1. The fourth-order valence-corrected chi connectivity index (χ4v) is 3.22. The second kappa shape index (κ2) is 9.03. The predicted molar refractivity (Wildman–Crippen MR) is 119 cm³/mol. The SMILES string of the molecule is CC[C@@H](C)NC(=O)c1cc(-c2ccc(OC)cc2OC)nn1-c1cc(C)ccc1C. The van der Waals surface area contributed by atoms with Crippen molar-refractivity contribution in [3.8, 4) is 28.4 Å². The molecule has 1 N–H and O–H groups in total. The molecule has 3 aromatic rings. The molecule has 0 spiro atoms. The number of methoxy groups -OCH3 is 2. The van der Waals surface area contributed by atoms with Gasteiger partial charge in [-0.2, -0.15) is 5.10 Å². The molecule has 6 heteroatoms. The van der Waals surface area contributed by atoms with E-state index in [9.17, 15) is 4.79 Å². The highest BCUT2D eigenvalue weighted by atomic mass is 16.5. The van der Waals surface area contributed by atoms with Gasteiger partial charge in [-0.1, -0.05) is 19.1 Å². The van der Waals surface area contributed by atoms with Crippen LogP contribution in [0.3, 0.4) is 0 Å². The van der Waals surface area contributed by atoms with E-state index in [0.29, 0.717) is 22.9 Å². The first-order valence-electron chi connectivity index (χ1n) is 10.1. The Morgan fingerprint density at radius 1 is 1.10 bits per heavy atom. The van der Waals surface area contributed by atoms with Gasteiger partial charge in [0.15, 0.2) is 0 Å². The Kier molecular flexibility index (Phi) is 6.45. The lowest BCUT2D eigenvalue weighted by Crippen LogP contribution is -2.33. The van der Waals surface area contributed by atoms with Crippen molar-refractivity contribution in [2.24, 2.45) is 0 Å². The number of carbonyl (C=O) groups is 1. The minimum absolute atomic E-state index is 0.0680. The van der Waals surface area contributed by atoms with Crippen LogP contribution < -0.4 is 14.8 Å². The topological polar surface area (TPSA) is 65.4 Å². The molecule has 6 nitrogen and oxygen atoms in total. The van der Waals surface area contributed by atoms with Crippen LogP contribution in [0.25, 0.3) is 16.9 Å². The molecule has 0 bridgehead atoms. The summed E-state index contributed by atoms with van der Waals surface area (Å²) in [6.45, 7) is 8.07. The Morgan fingerprint density at radius 3 is 2.53 bits per heavy atom. The van der Waals surface area contributed by atoms with Crippen LogP contribution in [-0.4, -0.2) is 35.9 Å². The van der Waals surface area contributed by atoms with Crippen LogP contribution in [0.1, 0.15) is 41.9 Å². The van der Waals surface area contributed by atoms with Crippen molar-refractivity contribution < 1.29 is 14.3 Å². The lowest BCUT2D eigenvalue weighted by molar-refractivity contribution is 0.0931. The lowest BCUT2D eigenvalue weighted by Gasteiger charge is -2.14. The van der Waals surface area contributed by atoms with Crippen molar-refractivity contribution in [3.63, 3.8) is 0 Å². The maximum absolute atomic E-state index is 13.1. The van der Waals surface area contributed by atoms with Crippen LogP contribution in [0.2, 0.25) is 0 Å². The third-order valence-corrected chi connectivity index (χ3v) is 5.21. The second-order valence-electron chi connectivity index (χ2n) is 7.47. The van der Waals surface area contributed by atoms with Crippen molar-refractivity contribution in [1.29, 1.82) is 0 Å². The molecule has 1 heterocycles. The molecule has 0 aliphatic rings. The zero-order valence-corrected chi connectivity index (χ0v) is 18.4. The molecule has 0 saturated heterocycles. The van der Waals surface area contributed by atoms with Crippen LogP contribution in [0, 0.1) is 13.8 Å². The molecule has 0 saturated carbocycles. The number of aryl methyl sites for hydroxylation is 2. The number of aromatic nitrogens is 2. The third kappa shape index (κ3) is 4.32. The number of ether oxygens (including phenoxy) is 2. The summed E-state index contributed by atoms with van der Waals surface area (Å²) in [7, 11) is 3.22. The zero-order valence-electron chi connectivity index (χ0n) is 18.4. The van der Waals surface area contributed by atoms with E-state index in [1.807, 2.05) is 64.1 Å². The summed E-state index contributed by atoms with van der Waals surface area (Å²) >= 11 is 0. The number of amides is 1. The fourth-order valence-electron chi connectivity index (χ4n) is 3.22. The summed E-state index contributed by atoms with van der Waals surface area (Å²) in [4.78, 5) is 13.1. The van der Waals surface area contributed by atoms with Crippen molar-refractivity contribution in [1.82, 2.24) is 15.1 Å². The molecular weight excluding hydrogens is 378 g/mol. The maximum Gasteiger partial charge on any atom is 0.270 e. The van der Waals surface area contributed by atoms with E-state index in [0.717, 1.165) is 28.8 Å². The lowest BCUT2D eigenvalue weighted by atomic mass is 10.1. The van der Waals surface area contributed by atoms with Crippen LogP contribution in [0.15, 0.2) is 42.5 Å². The van der Waals surface area contributed by atoms with E-state index in [4.69, 9.17) is 14.6 Å². The molecule has 1 aromatic heterocycles. The molecular formula is C24H29N3O3. The Balaban J connectivity index is 2.18. The largest absolute Gasteiger partial charge is 0.497 e. The van der Waals surface area contributed by atoms with Gasteiger partial charge in [-0.25, -0.2) is 4.68 Å². The van der Waals surface area contributed by atoms with Gasteiger partial charge in [0.2, 0.25) is 0 Å². The number of carbonyl (C=O) groups excluding carboxylic acids is 1. The third-order valence-electron chi connectivity index (χ3n) is 5.21. The molecule has 0 radical (unpaired) electrons. The fraction of sp³-hybridized carbons (Fsp3) is 0.333. The summed E-state index contributed by atoms with van der Waals surface area (Å²) in [5.41, 5.74) is 4.95. The van der Waals surface area contributed by atoms with Crippen LogP contribution in [0.5, 0.6) is 11.5 Å². The van der Waals surface area contributed by atoms with Crippen molar-refractivity contribution in [2.45, 2.75) is 40.2 Å². The number of nitrogens with zero attached hydrogens (tertiary/aromatic N) is 2. The van der Waals surface area contributed by atoms with Crippen molar-refractivity contribution >= 4 is 5.91 Å². The minimum atomic E-state index is -0.156. The minimum Gasteiger partial charge on any atom is -0.497 e. The number of nitrogens with one attached hydrogen (secondary N) is 1. The average molecular weight is 408 g/mol. The van der Waals surface area contributed by atoms with E-state index >= 15 is 0 Å². The van der Waals surface area contributed by atoms with Gasteiger partial charge in [-0.05, 0) is 62.6 Å². The molecule has 0 fully saturated rings. The van der Waals surface area contributed by atoms with E-state index in [-0.39, 0.29) is 11.9 Å². The summed E-state index contributed by atoms with van der Waals surface area (Å²) in [5.74, 6) is 1.17. The standard InChI is InChI=1S/C24H29N3O3/c1-7-17(4)25-24(28)22-14-20(19-11-10-18(29-5)13-23(19)30-6)26-27(22)21-12-15(2)8-9-16(21)3/h8-14,17H,7H2,1-6H3,(H,25,28)/t17-/m1/s1. The van der Waals surface area contributed by atoms with Crippen molar-refractivity contribution in [3.05, 3.63) is 59.3 Å². The van der Waals surface area contributed by atoms with Gasteiger partial charge in [-0.15, -0.1) is 0 Å². The molecule has 158 valence electrons. The molecule has 3 rings (SSSR count). The smallest absolute Gasteiger partial charge is 0.270 e. The second-order valence-corrected chi connectivity index (χ2v) is 7.47. The molecule has 1 atom stereocenters. The monoisotopic (exact) mass is 407 g/mol. The first-order chi connectivity index (χ1) is 14.4. The summed E-state index contributed by atoms with van der Waals surface area (Å²) in [6.07, 6.45) is 0.850. The molecule has 0 aliphatic heterocycles. The van der Waals surface area contributed by atoms with Crippen LogP contribution in [0.4, 0.5) is 0 Å². The Labute approximate surface area is 177 Å². The zero-order chi connectivity index (χ0) is 21.8. The van der Waals surface area contributed by atoms with E-state index < -0.39 is 0 Å². The van der Waals surface area contributed by atoms with Crippen molar-refractivity contribution in [2.75, 3.05) is 14.2 Å². The first-order valence-corrected chi connectivity index (χ1v) is 10.1. The van der Waals surface area contributed by atoms with E-state index in [2.05, 4.69) is 11.4 Å². The highest BCUT2D eigenvalue weighted by Crippen LogP contribution is 2.34. The number of rotatable bonds is 7. The van der Waals surface area contributed by atoms with Crippen LogP contribution in [-0.2, 0) is 0 Å². The van der Waals surface area contributed by atoms with Gasteiger partial charge in [0.05, 0.1) is 25.6 Å². The van der Waals surface area contributed by atoms with Crippen LogP contribution >= 0.6 is 0 Å². The molecule has 0 aliphatic carbocycles. The highest BCUT2D eigenvalue weighted by molar-refractivity contribution is 5.95. The van der Waals surface area contributed by atoms with Gasteiger partial charge >= 0.3 is 0 Å². The van der Waals surface area contributed by atoms with E-state index in [1.54, 1.807) is 18.9 Å². The number of hydrogen-bond donors (Lipinski definition) is 1. The molecule has 0 unspecified atom stereocenters. The Bertz CT molecular complexity index is 1060. The number of hydrogen-bond acceptors (Lipinski definition) is 4. The summed E-state index contributed by atoms with van der Waals surface area (Å²) in [5, 5.41) is 7.86. The summed E-state index contributed by atoms with van der Waals surface area (Å²) in [6, 6.07) is 13.6. The van der Waals surface area contributed by atoms with E-state index in [1.165, 1.54) is 0 Å². The normalized spacial score (nSPS) is 11.8. The molecule has 2 aromatic carbocycles. The quantitative estimate of drug-likeness (QED) is 0.616.